The highest BCUT2D eigenvalue weighted by atomic mass is 35.5. The van der Waals surface area contributed by atoms with Crippen LogP contribution in [0.5, 0.6) is 5.75 Å². The van der Waals surface area contributed by atoms with Crippen LogP contribution in [0.1, 0.15) is 32.8 Å². The van der Waals surface area contributed by atoms with Crippen LogP contribution in [-0.2, 0) is 9.59 Å². The number of ether oxygens (including phenoxy) is 1. The Labute approximate surface area is 136 Å². The summed E-state index contributed by atoms with van der Waals surface area (Å²) < 4.78 is 5.22. The van der Waals surface area contributed by atoms with Gasteiger partial charge in [-0.3, -0.25) is 9.59 Å². The standard InChI is InChI=1S/C16H23ClN2O3/c1-6-11(3)19(12(4)20)9-16(21)18-14-7-10(2)13(17)8-15(14)22-5/h7-8,11H,6,9H2,1-5H3,(H,18,21). The van der Waals surface area contributed by atoms with E-state index in [1.165, 1.54) is 14.0 Å². The number of aryl methyl sites for hydroxylation is 1. The molecule has 0 aliphatic carbocycles. The summed E-state index contributed by atoms with van der Waals surface area (Å²) in [5.41, 5.74) is 1.38. The molecule has 0 bridgehead atoms. The van der Waals surface area contributed by atoms with Gasteiger partial charge in [0, 0.05) is 24.1 Å². The van der Waals surface area contributed by atoms with Gasteiger partial charge in [0.2, 0.25) is 11.8 Å². The molecule has 0 fully saturated rings. The number of nitrogens with zero attached hydrogens (tertiary/aromatic N) is 1. The SMILES string of the molecule is CCC(C)N(CC(=O)Nc1cc(C)c(Cl)cc1OC)C(C)=O. The van der Waals surface area contributed by atoms with Crippen LogP contribution in [-0.4, -0.2) is 36.4 Å². The number of carbonyl (C=O) groups excluding carboxylic acids is 2. The second-order valence-electron chi connectivity index (χ2n) is 5.25. The molecule has 1 atom stereocenters. The minimum Gasteiger partial charge on any atom is -0.495 e. The first-order valence-corrected chi connectivity index (χ1v) is 7.59. The van der Waals surface area contributed by atoms with E-state index in [0.29, 0.717) is 16.5 Å². The van der Waals surface area contributed by atoms with Crippen molar-refractivity contribution in [2.75, 3.05) is 19.0 Å². The Morgan fingerprint density at radius 2 is 2.05 bits per heavy atom. The predicted octanol–water partition coefficient (Wildman–Crippen LogP) is 3.24. The number of amides is 2. The normalized spacial score (nSPS) is 11.7. The lowest BCUT2D eigenvalue weighted by Crippen LogP contribution is -2.42. The zero-order valence-corrected chi connectivity index (χ0v) is 14.5. The lowest BCUT2D eigenvalue weighted by molar-refractivity contribution is -0.134. The molecule has 0 saturated heterocycles. The zero-order chi connectivity index (χ0) is 16.9. The Morgan fingerprint density at radius 1 is 1.41 bits per heavy atom. The summed E-state index contributed by atoms with van der Waals surface area (Å²) in [4.78, 5) is 25.4. The number of rotatable bonds is 6. The molecule has 0 radical (unpaired) electrons. The smallest absolute Gasteiger partial charge is 0.244 e. The van der Waals surface area contributed by atoms with Gasteiger partial charge in [-0.05, 0) is 31.9 Å². The summed E-state index contributed by atoms with van der Waals surface area (Å²) in [5, 5.41) is 3.35. The molecule has 6 heteroatoms. The highest BCUT2D eigenvalue weighted by Crippen LogP contribution is 2.30. The summed E-state index contributed by atoms with van der Waals surface area (Å²) in [6.45, 7) is 7.21. The van der Waals surface area contributed by atoms with Gasteiger partial charge in [0.15, 0.2) is 0 Å². The van der Waals surface area contributed by atoms with Gasteiger partial charge < -0.3 is 15.0 Å². The first kappa shape index (κ1) is 18.3. The Morgan fingerprint density at radius 3 is 2.55 bits per heavy atom. The first-order valence-electron chi connectivity index (χ1n) is 7.21. The maximum absolute atomic E-state index is 12.2. The Kier molecular flexibility index (Phi) is 6.68. The molecule has 22 heavy (non-hydrogen) atoms. The van der Waals surface area contributed by atoms with E-state index in [4.69, 9.17) is 16.3 Å². The largest absolute Gasteiger partial charge is 0.495 e. The van der Waals surface area contributed by atoms with E-state index in [1.807, 2.05) is 20.8 Å². The molecule has 1 unspecified atom stereocenters. The van der Waals surface area contributed by atoms with E-state index < -0.39 is 0 Å². The monoisotopic (exact) mass is 326 g/mol. The van der Waals surface area contributed by atoms with E-state index in [-0.39, 0.29) is 24.4 Å². The molecule has 0 spiro atoms. The van der Waals surface area contributed by atoms with Crippen LogP contribution >= 0.6 is 11.6 Å². The number of anilines is 1. The third-order valence-corrected chi connectivity index (χ3v) is 4.00. The molecule has 0 aliphatic heterocycles. The topological polar surface area (TPSA) is 58.6 Å². The van der Waals surface area contributed by atoms with E-state index in [1.54, 1.807) is 17.0 Å². The van der Waals surface area contributed by atoms with Crippen LogP contribution in [0.15, 0.2) is 12.1 Å². The molecule has 1 N–H and O–H groups in total. The van der Waals surface area contributed by atoms with Crippen LogP contribution in [0.3, 0.4) is 0 Å². The van der Waals surface area contributed by atoms with Crippen molar-refractivity contribution in [1.29, 1.82) is 0 Å². The van der Waals surface area contributed by atoms with Gasteiger partial charge in [0.25, 0.3) is 0 Å². The molecule has 0 heterocycles. The molecule has 0 aliphatic rings. The number of benzene rings is 1. The average molecular weight is 327 g/mol. The highest BCUT2D eigenvalue weighted by molar-refractivity contribution is 6.31. The Bertz CT molecular complexity index is 561. The van der Waals surface area contributed by atoms with E-state index >= 15 is 0 Å². The van der Waals surface area contributed by atoms with Crippen molar-refractivity contribution >= 4 is 29.1 Å². The van der Waals surface area contributed by atoms with E-state index in [0.717, 1.165) is 12.0 Å². The van der Waals surface area contributed by atoms with Gasteiger partial charge in [-0.1, -0.05) is 18.5 Å². The number of hydrogen-bond donors (Lipinski definition) is 1. The first-order chi connectivity index (χ1) is 10.3. The average Bonchev–Trinajstić information content (AvgIpc) is 2.47. The molecule has 1 aromatic carbocycles. The summed E-state index contributed by atoms with van der Waals surface area (Å²) >= 11 is 6.04. The number of carbonyl (C=O) groups is 2. The van der Waals surface area contributed by atoms with Crippen molar-refractivity contribution in [3.05, 3.63) is 22.7 Å². The second kappa shape index (κ2) is 8.03. The van der Waals surface area contributed by atoms with Crippen molar-refractivity contribution in [2.45, 2.75) is 40.2 Å². The van der Waals surface area contributed by atoms with Crippen molar-refractivity contribution < 1.29 is 14.3 Å². The molecule has 1 aromatic rings. The van der Waals surface area contributed by atoms with Crippen molar-refractivity contribution in [2.24, 2.45) is 0 Å². The quantitative estimate of drug-likeness (QED) is 0.873. The van der Waals surface area contributed by atoms with E-state index in [9.17, 15) is 9.59 Å². The summed E-state index contributed by atoms with van der Waals surface area (Å²) in [6, 6.07) is 3.42. The second-order valence-corrected chi connectivity index (χ2v) is 5.66. The molecule has 1 rings (SSSR count). The Hall–Kier alpha value is -1.75. The fraction of sp³-hybridized carbons (Fsp3) is 0.500. The van der Waals surface area contributed by atoms with Crippen LogP contribution in [0.4, 0.5) is 5.69 Å². The molecule has 2 amide bonds. The molecular weight excluding hydrogens is 304 g/mol. The summed E-state index contributed by atoms with van der Waals surface area (Å²) in [5.74, 6) is 0.0983. The lowest BCUT2D eigenvalue weighted by Gasteiger charge is -2.26. The number of nitrogens with one attached hydrogen (secondary N) is 1. The number of methoxy groups -OCH3 is 1. The molecule has 0 saturated carbocycles. The molecular formula is C16H23ClN2O3. The van der Waals surface area contributed by atoms with Crippen LogP contribution < -0.4 is 10.1 Å². The van der Waals surface area contributed by atoms with Crippen molar-refractivity contribution in [3.8, 4) is 5.75 Å². The molecule has 0 aromatic heterocycles. The predicted molar refractivity (Wildman–Crippen MR) is 88.5 cm³/mol. The molecule has 5 nitrogen and oxygen atoms in total. The Balaban J connectivity index is 2.88. The highest BCUT2D eigenvalue weighted by Gasteiger charge is 2.19. The maximum Gasteiger partial charge on any atom is 0.244 e. The maximum atomic E-state index is 12.2. The fourth-order valence-corrected chi connectivity index (χ4v) is 2.23. The number of hydrogen-bond acceptors (Lipinski definition) is 3. The third kappa shape index (κ3) is 4.63. The van der Waals surface area contributed by atoms with Gasteiger partial charge in [0.05, 0.1) is 12.8 Å². The van der Waals surface area contributed by atoms with Crippen LogP contribution in [0.2, 0.25) is 5.02 Å². The van der Waals surface area contributed by atoms with Crippen LogP contribution in [0.25, 0.3) is 0 Å². The van der Waals surface area contributed by atoms with Gasteiger partial charge in [-0.15, -0.1) is 0 Å². The van der Waals surface area contributed by atoms with Crippen LogP contribution in [0, 0.1) is 6.92 Å². The number of halogens is 1. The zero-order valence-electron chi connectivity index (χ0n) is 13.7. The van der Waals surface area contributed by atoms with Gasteiger partial charge in [0.1, 0.15) is 12.3 Å². The van der Waals surface area contributed by atoms with Gasteiger partial charge in [-0.25, -0.2) is 0 Å². The van der Waals surface area contributed by atoms with Crippen molar-refractivity contribution in [3.63, 3.8) is 0 Å². The minimum atomic E-state index is -0.268. The van der Waals surface area contributed by atoms with Crippen molar-refractivity contribution in [1.82, 2.24) is 4.90 Å². The lowest BCUT2D eigenvalue weighted by atomic mass is 10.2. The summed E-state index contributed by atoms with van der Waals surface area (Å²) in [6.07, 6.45) is 0.788. The van der Waals surface area contributed by atoms with Gasteiger partial charge in [-0.2, -0.15) is 0 Å². The van der Waals surface area contributed by atoms with E-state index in [2.05, 4.69) is 5.32 Å². The molecule has 122 valence electrons. The minimum absolute atomic E-state index is 0.00910. The summed E-state index contributed by atoms with van der Waals surface area (Å²) in [7, 11) is 1.51. The fourth-order valence-electron chi connectivity index (χ4n) is 2.07. The third-order valence-electron chi connectivity index (χ3n) is 3.60. The van der Waals surface area contributed by atoms with Gasteiger partial charge >= 0.3 is 0 Å².